The largest absolute Gasteiger partial charge is 1.00 e. The summed E-state index contributed by atoms with van der Waals surface area (Å²) < 4.78 is 1.84. The second kappa shape index (κ2) is 7.12. The number of rotatable bonds is 3. The van der Waals surface area contributed by atoms with Crippen molar-refractivity contribution in [1.29, 1.82) is 0 Å². The predicted octanol–water partition coefficient (Wildman–Crippen LogP) is -0.421. The minimum atomic E-state index is -0.0760. The zero-order valence-electron chi connectivity index (χ0n) is 10.4. The Morgan fingerprint density at radius 1 is 1.32 bits per heavy atom. The van der Waals surface area contributed by atoms with Gasteiger partial charge in [-0.3, -0.25) is 4.79 Å². The highest BCUT2D eigenvalue weighted by molar-refractivity contribution is 6.30. The highest BCUT2D eigenvalue weighted by Gasteiger charge is 2.09. The molecular weight excluding hydrogens is 283 g/mol. The van der Waals surface area contributed by atoms with Crippen molar-refractivity contribution >= 4 is 23.2 Å². The minimum absolute atomic E-state index is 0. The third-order valence-corrected chi connectivity index (χ3v) is 2.68. The van der Waals surface area contributed by atoms with E-state index in [2.05, 4.69) is 5.32 Å². The lowest BCUT2D eigenvalue weighted by Crippen LogP contribution is -3.00. The number of nitrogens with one attached hydrogen (secondary N) is 1. The molecule has 0 aliphatic rings. The third-order valence-electron chi connectivity index (χ3n) is 2.44. The average molecular weight is 297 g/mol. The van der Waals surface area contributed by atoms with Crippen molar-refractivity contribution in [3.63, 3.8) is 0 Å². The van der Waals surface area contributed by atoms with Crippen molar-refractivity contribution in [2.24, 2.45) is 0 Å². The van der Waals surface area contributed by atoms with Gasteiger partial charge >= 0.3 is 0 Å². The number of benzene rings is 1. The molecule has 2 rings (SSSR count). The standard InChI is InChI=1S/C14H13ClN2O.ClH/c1-11-4-3-7-17(9-11)10-14(18)16-13-6-2-5-12(15)8-13;/h2-9H,10H2,1H3;1H. The van der Waals surface area contributed by atoms with E-state index in [9.17, 15) is 4.79 Å². The Labute approximate surface area is 123 Å². The molecule has 0 spiro atoms. The molecule has 1 heterocycles. The molecule has 0 fully saturated rings. The van der Waals surface area contributed by atoms with Crippen LogP contribution in [-0.2, 0) is 11.3 Å². The van der Waals surface area contributed by atoms with Gasteiger partial charge in [0.2, 0.25) is 6.54 Å². The van der Waals surface area contributed by atoms with Crippen molar-refractivity contribution in [3.8, 4) is 0 Å². The van der Waals surface area contributed by atoms with Crippen molar-refractivity contribution in [1.82, 2.24) is 0 Å². The summed E-state index contributed by atoms with van der Waals surface area (Å²) in [5.41, 5.74) is 1.83. The Bertz CT molecular complexity index is 523. The van der Waals surface area contributed by atoms with E-state index in [4.69, 9.17) is 11.6 Å². The van der Waals surface area contributed by atoms with E-state index in [1.807, 2.05) is 42.1 Å². The van der Waals surface area contributed by atoms with E-state index in [0.717, 1.165) is 5.56 Å². The molecule has 1 aromatic carbocycles. The van der Waals surface area contributed by atoms with Gasteiger partial charge in [-0.25, -0.2) is 0 Å². The maximum Gasteiger partial charge on any atom is 0.290 e. The van der Waals surface area contributed by atoms with Crippen LogP contribution in [0.1, 0.15) is 5.56 Å². The van der Waals surface area contributed by atoms with E-state index in [1.54, 1.807) is 18.2 Å². The van der Waals surface area contributed by atoms with Crippen LogP contribution >= 0.6 is 11.6 Å². The molecule has 0 aliphatic carbocycles. The summed E-state index contributed by atoms with van der Waals surface area (Å²) in [4.78, 5) is 11.8. The van der Waals surface area contributed by atoms with Crippen molar-refractivity contribution in [2.75, 3.05) is 5.32 Å². The molecule has 0 bridgehead atoms. The third kappa shape index (κ3) is 4.89. The number of carbonyl (C=O) groups is 1. The Morgan fingerprint density at radius 3 is 2.79 bits per heavy atom. The topological polar surface area (TPSA) is 33.0 Å². The molecule has 0 atom stereocenters. The average Bonchev–Trinajstić information content (AvgIpc) is 2.28. The predicted molar refractivity (Wildman–Crippen MR) is 71.5 cm³/mol. The first-order valence-electron chi connectivity index (χ1n) is 5.64. The molecule has 5 heteroatoms. The maximum absolute atomic E-state index is 11.8. The summed E-state index contributed by atoms with van der Waals surface area (Å²) in [5, 5.41) is 3.41. The van der Waals surface area contributed by atoms with Gasteiger partial charge in [-0.05, 0) is 31.2 Å². The zero-order valence-corrected chi connectivity index (χ0v) is 11.9. The van der Waals surface area contributed by atoms with Gasteiger partial charge in [-0.1, -0.05) is 17.7 Å². The lowest BCUT2D eigenvalue weighted by Gasteiger charge is -2.03. The lowest BCUT2D eigenvalue weighted by atomic mass is 10.3. The summed E-state index contributed by atoms with van der Waals surface area (Å²) in [6.45, 7) is 2.28. The lowest BCUT2D eigenvalue weighted by molar-refractivity contribution is -0.684. The monoisotopic (exact) mass is 296 g/mol. The summed E-state index contributed by atoms with van der Waals surface area (Å²) in [5.74, 6) is -0.0760. The van der Waals surface area contributed by atoms with E-state index in [0.29, 0.717) is 10.7 Å². The number of halogens is 2. The van der Waals surface area contributed by atoms with E-state index >= 15 is 0 Å². The number of anilines is 1. The summed E-state index contributed by atoms with van der Waals surface area (Å²) in [6, 6.07) is 11.0. The SMILES string of the molecule is Cc1ccc[n+](CC(=O)Nc2cccc(Cl)c2)c1.[Cl-]. The first kappa shape index (κ1) is 15.5. The van der Waals surface area contributed by atoms with Gasteiger partial charge in [0.1, 0.15) is 0 Å². The Balaban J connectivity index is 0.00000180. The first-order chi connectivity index (χ1) is 8.63. The summed E-state index contributed by atoms with van der Waals surface area (Å²) in [6.07, 6.45) is 3.79. The van der Waals surface area contributed by atoms with Crippen molar-refractivity contribution in [3.05, 3.63) is 59.4 Å². The molecule has 0 saturated carbocycles. The van der Waals surface area contributed by atoms with Gasteiger partial charge in [0.05, 0.1) is 0 Å². The van der Waals surface area contributed by atoms with Crippen molar-refractivity contribution < 1.29 is 21.8 Å². The number of pyridine rings is 1. The van der Waals surface area contributed by atoms with Crippen LogP contribution in [0.25, 0.3) is 0 Å². The number of aryl methyl sites for hydroxylation is 1. The van der Waals surface area contributed by atoms with Crippen LogP contribution in [-0.4, -0.2) is 5.91 Å². The smallest absolute Gasteiger partial charge is 0.290 e. The molecule has 1 aromatic heterocycles. The highest BCUT2D eigenvalue weighted by Crippen LogP contribution is 2.14. The van der Waals surface area contributed by atoms with Gasteiger partial charge in [0.25, 0.3) is 5.91 Å². The first-order valence-corrected chi connectivity index (χ1v) is 6.02. The van der Waals surface area contributed by atoms with Gasteiger partial charge in [-0.15, -0.1) is 0 Å². The fourth-order valence-electron chi connectivity index (χ4n) is 1.68. The molecule has 2 aromatic rings. The number of amides is 1. The van der Waals surface area contributed by atoms with Crippen LogP contribution in [0.5, 0.6) is 0 Å². The Kier molecular flexibility index (Phi) is 5.80. The van der Waals surface area contributed by atoms with Crippen LogP contribution in [0.15, 0.2) is 48.8 Å². The molecule has 3 nitrogen and oxygen atoms in total. The van der Waals surface area contributed by atoms with E-state index in [-0.39, 0.29) is 24.9 Å². The number of aromatic nitrogens is 1. The second-order valence-corrected chi connectivity index (χ2v) is 4.55. The molecule has 0 radical (unpaired) electrons. The maximum atomic E-state index is 11.8. The number of hydrogen-bond donors (Lipinski definition) is 1. The van der Waals surface area contributed by atoms with E-state index < -0.39 is 0 Å². The zero-order chi connectivity index (χ0) is 13.0. The van der Waals surface area contributed by atoms with Crippen LogP contribution in [0.3, 0.4) is 0 Å². The van der Waals surface area contributed by atoms with Crippen molar-refractivity contribution in [2.45, 2.75) is 13.5 Å². The van der Waals surface area contributed by atoms with Gasteiger partial charge in [0, 0.05) is 22.3 Å². The van der Waals surface area contributed by atoms with E-state index in [1.165, 1.54) is 0 Å². The Morgan fingerprint density at radius 2 is 2.11 bits per heavy atom. The fraction of sp³-hybridized carbons (Fsp3) is 0.143. The molecule has 0 unspecified atom stereocenters. The van der Waals surface area contributed by atoms with Gasteiger partial charge < -0.3 is 17.7 Å². The number of hydrogen-bond acceptors (Lipinski definition) is 1. The quantitative estimate of drug-likeness (QED) is 0.767. The van der Waals surface area contributed by atoms with Gasteiger partial charge in [-0.2, -0.15) is 4.57 Å². The molecule has 19 heavy (non-hydrogen) atoms. The fourth-order valence-corrected chi connectivity index (χ4v) is 1.87. The highest BCUT2D eigenvalue weighted by atomic mass is 35.5. The molecular formula is C14H14Cl2N2O. The number of nitrogens with zero attached hydrogens (tertiary/aromatic N) is 1. The van der Waals surface area contributed by atoms with Crippen LogP contribution in [0.2, 0.25) is 5.02 Å². The van der Waals surface area contributed by atoms with Crippen LogP contribution < -0.4 is 22.3 Å². The normalized spacial score (nSPS) is 9.58. The minimum Gasteiger partial charge on any atom is -1.00 e. The van der Waals surface area contributed by atoms with Gasteiger partial charge in [0.15, 0.2) is 12.4 Å². The Hall–Kier alpha value is -1.58. The molecule has 100 valence electrons. The second-order valence-electron chi connectivity index (χ2n) is 4.11. The molecule has 0 saturated heterocycles. The molecule has 1 N–H and O–H groups in total. The molecule has 0 aliphatic heterocycles. The number of carbonyl (C=O) groups excluding carboxylic acids is 1. The summed E-state index contributed by atoms with van der Waals surface area (Å²) in [7, 11) is 0. The van der Waals surface area contributed by atoms with Crippen LogP contribution in [0.4, 0.5) is 5.69 Å². The molecule has 1 amide bonds. The van der Waals surface area contributed by atoms with Crippen LogP contribution in [0, 0.1) is 6.92 Å². The summed E-state index contributed by atoms with van der Waals surface area (Å²) >= 11 is 5.85.